The molecule has 0 aromatic heterocycles. The zero-order valence-corrected chi connectivity index (χ0v) is 12.7. The molecule has 0 saturated carbocycles. The molecule has 0 unspecified atom stereocenters. The first kappa shape index (κ1) is 15.8. The maximum absolute atomic E-state index is 12.1. The summed E-state index contributed by atoms with van der Waals surface area (Å²) in [5, 5.41) is 10.4. The first-order valence-electron chi connectivity index (χ1n) is 7.22. The molecule has 0 atom stereocenters. The zero-order valence-electron chi connectivity index (χ0n) is 12.7. The van der Waals surface area contributed by atoms with Gasteiger partial charge in [0.05, 0.1) is 5.60 Å². The molecule has 1 saturated heterocycles. The first-order chi connectivity index (χ1) is 9.98. The minimum atomic E-state index is -0.841. The van der Waals surface area contributed by atoms with E-state index in [1.807, 2.05) is 31.2 Å². The van der Waals surface area contributed by atoms with Crippen LogP contribution in [0.1, 0.15) is 18.4 Å². The molecule has 116 valence electrons. The number of carbonyl (C=O) groups excluding carboxylic acids is 1. The van der Waals surface area contributed by atoms with E-state index in [0.29, 0.717) is 38.3 Å². The summed E-state index contributed by atoms with van der Waals surface area (Å²) in [6.45, 7) is 3.34. The van der Waals surface area contributed by atoms with Crippen molar-refractivity contribution in [3.8, 4) is 5.75 Å². The fourth-order valence-corrected chi connectivity index (χ4v) is 2.40. The van der Waals surface area contributed by atoms with E-state index in [1.54, 1.807) is 7.05 Å². The van der Waals surface area contributed by atoms with Crippen LogP contribution in [0.3, 0.4) is 0 Å². The molecule has 0 bridgehead atoms. The number of benzene rings is 1. The van der Waals surface area contributed by atoms with Gasteiger partial charge in [0.1, 0.15) is 5.75 Å². The van der Waals surface area contributed by atoms with Crippen molar-refractivity contribution < 1.29 is 19.4 Å². The van der Waals surface area contributed by atoms with Crippen LogP contribution in [0.2, 0.25) is 0 Å². The summed E-state index contributed by atoms with van der Waals surface area (Å²) in [6.07, 6.45) is 1.12. The number of ether oxygens (including phenoxy) is 2. The van der Waals surface area contributed by atoms with E-state index in [2.05, 4.69) is 0 Å². The van der Waals surface area contributed by atoms with Gasteiger partial charge in [-0.05, 0) is 24.6 Å². The summed E-state index contributed by atoms with van der Waals surface area (Å²) in [5.74, 6) is 0.540. The number of amides is 1. The van der Waals surface area contributed by atoms with Gasteiger partial charge in [0.15, 0.2) is 6.61 Å². The molecule has 1 aromatic rings. The molecule has 0 spiro atoms. The molecule has 1 amide bonds. The average molecular weight is 293 g/mol. The van der Waals surface area contributed by atoms with Gasteiger partial charge >= 0.3 is 0 Å². The van der Waals surface area contributed by atoms with Gasteiger partial charge < -0.3 is 19.5 Å². The number of likely N-dealkylation sites (N-methyl/N-ethyl adjacent to an activating group) is 1. The van der Waals surface area contributed by atoms with Gasteiger partial charge in [-0.3, -0.25) is 4.79 Å². The molecule has 5 heteroatoms. The molecule has 5 nitrogen and oxygen atoms in total. The molecule has 0 radical (unpaired) electrons. The molecule has 1 aliphatic rings. The van der Waals surface area contributed by atoms with Gasteiger partial charge in [-0.25, -0.2) is 0 Å². The third-order valence-electron chi connectivity index (χ3n) is 3.73. The Labute approximate surface area is 125 Å². The smallest absolute Gasteiger partial charge is 0.260 e. The van der Waals surface area contributed by atoms with Crippen LogP contribution in [-0.4, -0.2) is 54.9 Å². The van der Waals surface area contributed by atoms with Gasteiger partial charge in [-0.2, -0.15) is 0 Å². The predicted molar refractivity (Wildman–Crippen MR) is 79.3 cm³/mol. The van der Waals surface area contributed by atoms with Gasteiger partial charge in [0.25, 0.3) is 5.91 Å². The Bertz CT molecular complexity index is 483. The fourth-order valence-electron chi connectivity index (χ4n) is 2.40. The average Bonchev–Trinajstić information content (AvgIpc) is 2.45. The van der Waals surface area contributed by atoms with E-state index in [-0.39, 0.29) is 12.5 Å². The Balaban J connectivity index is 1.82. The normalized spacial score (nSPS) is 17.3. The lowest BCUT2D eigenvalue weighted by Gasteiger charge is -2.35. The van der Waals surface area contributed by atoms with Crippen LogP contribution in [0.4, 0.5) is 0 Å². The summed E-state index contributed by atoms with van der Waals surface area (Å²) in [7, 11) is 1.69. The van der Waals surface area contributed by atoms with Crippen LogP contribution in [0.5, 0.6) is 5.75 Å². The van der Waals surface area contributed by atoms with Gasteiger partial charge in [0.2, 0.25) is 0 Å². The molecule has 2 rings (SSSR count). The molecular weight excluding hydrogens is 270 g/mol. The maximum atomic E-state index is 12.1. The Morgan fingerprint density at radius 1 is 1.43 bits per heavy atom. The van der Waals surface area contributed by atoms with Crippen molar-refractivity contribution in [2.24, 2.45) is 0 Å². The Morgan fingerprint density at radius 3 is 2.81 bits per heavy atom. The van der Waals surface area contributed by atoms with Gasteiger partial charge in [0, 0.05) is 39.6 Å². The van der Waals surface area contributed by atoms with Crippen LogP contribution in [0, 0.1) is 6.92 Å². The number of hydrogen-bond acceptors (Lipinski definition) is 4. The highest BCUT2D eigenvalue weighted by Crippen LogP contribution is 2.21. The third-order valence-corrected chi connectivity index (χ3v) is 3.73. The highest BCUT2D eigenvalue weighted by atomic mass is 16.5. The number of aliphatic hydroxyl groups is 1. The third kappa shape index (κ3) is 4.72. The van der Waals surface area contributed by atoms with Gasteiger partial charge in [-0.15, -0.1) is 0 Å². The van der Waals surface area contributed by atoms with Crippen molar-refractivity contribution in [2.45, 2.75) is 25.4 Å². The number of aryl methyl sites for hydroxylation is 1. The summed E-state index contributed by atoms with van der Waals surface area (Å²) in [5.41, 5.74) is 0.247. The molecule has 1 heterocycles. The lowest BCUT2D eigenvalue weighted by Crippen LogP contribution is -2.48. The fraction of sp³-hybridized carbons (Fsp3) is 0.562. The van der Waals surface area contributed by atoms with Crippen LogP contribution < -0.4 is 4.74 Å². The number of nitrogens with zero attached hydrogens (tertiary/aromatic N) is 1. The van der Waals surface area contributed by atoms with E-state index >= 15 is 0 Å². The highest BCUT2D eigenvalue weighted by molar-refractivity contribution is 5.77. The number of carbonyl (C=O) groups is 1. The summed E-state index contributed by atoms with van der Waals surface area (Å²) in [6, 6.07) is 7.58. The van der Waals surface area contributed by atoms with E-state index in [1.165, 1.54) is 4.90 Å². The molecular formula is C16H23NO4. The standard InChI is InChI=1S/C16H23NO4/c1-13-4-3-5-14(10-13)21-11-15(18)17(2)12-16(19)6-8-20-9-7-16/h3-5,10,19H,6-9,11-12H2,1-2H3. The molecule has 1 aliphatic heterocycles. The van der Waals surface area contributed by atoms with Crippen molar-refractivity contribution in [1.29, 1.82) is 0 Å². The first-order valence-corrected chi connectivity index (χ1v) is 7.22. The van der Waals surface area contributed by atoms with Crippen molar-refractivity contribution in [3.63, 3.8) is 0 Å². The van der Waals surface area contributed by atoms with Crippen molar-refractivity contribution in [3.05, 3.63) is 29.8 Å². The zero-order chi connectivity index (χ0) is 15.3. The minimum Gasteiger partial charge on any atom is -0.484 e. The Hall–Kier alpha value is -1.59. The van der Waals surface area contributed by atoms with Crippen molar-refractivity contribution in [1.82, 2.24) is 4.90 Å². The van der Waals surface area contributed by atoms with Crippen LogP contribution >= 0.6 is 0 Å². The quantitative estimate of drug-likeness (QED) is 0.891. The maximum Gasteiger partial charge on any atom is 0.260 e. The molecule has 1 fully saturated rings. The largest absolute Gasteiger partial charge is 0.484 e. The van der Waals surface area contributed by atoms with Crippen molar-refractivity contribution in [2.75, 3.05) is 33.4 Å². The summed E-state index contributed by atoms with van der Waals surface area (Å²) < 4.78 is 10.7. The summed E-state index contributed by atoms with van der Waals surface area (Å²) in [4.78, 5) is 13.6. The molecule has 1 N–H and O–H groups in total. The Kier molecular flexibility index (Phi) is 5.20. The molecule has 1 aromatic carbocycles. The summed E-state index contributed by atoms with van der Waals surface area (Å²) >= 11 is 0. The molecule has 0 aliphatic carbocycles. The lowest BCUT2D eigenvalue weighted by molar-refractivity contribution is -0.138. The Morgan fingerprint density at radius 2 is 2.14 bits per heavy atom. The second-order valence-corrected chi connectivity index (χ2v) is 5.69. The van der Waals surface area contributed by atoms with Crippen LogP contribution in [0.15, 0.2) is 24.3 Å². The topological polar surface area (TPSA) is 59.0 Å². The van der Waals surface area contributed by atoms with E-state index in [9.17, 15) is 9.90 Å². The van der Waals surface area contributed by atoms with Crippen molar-refractivity contribution >= 4 is 5.91 Å². The minimum absolute atomic E-state index is 0.0213. The monoisotopic (exact) mass is 293 g/mol. The second kappa shape index (κ2) is 6.91. The van der Waals surface area contributed by atoms with Crippen LogP contribution in [0.25, 0.3) is 0 Å². The highest BCUT2D eigenvalue weighted by Gasteiger charge is 2.32. The molecule has 21 heavy (non-hydrogen) atoms. The second-order valence-electron chi connectivity index (χ2n) is 5.69. The lowest BCUT2D eigenvalue weighted by atomic mass is 9.94. The number of rotatable bonds is 5. The SMILES string of the molecule is Cc1cccc(OCC(=O)N(C)CC2(O)CCOCC2)c1. The predicted octanol–water partition coefficient (Wildman–Crippen LogP) is 1.37. The van der Waals surface area contributed by atoms with E-state index in [4.69, 9.17) is 9.47 Å². The van der Waals surface area contributed by atoms with Crippen LogP contribution in [-0.2, 0) is 9.53 Å². The van der Waals surface area contributed by atoms with E-state index < -0.39 is 5.60 Å². The van der Waals surface area contributed by atoms with Gasteiger partial charge in [-0.1, -0.05) is 12.1 Å². The number of hydrogen-bond donors (Lipinski definition) is 1. The van der Waals surface area contributed by atoms with E-state index in [0.717, 1.165) is 5.56 Å².